The van der Waals surface area contributed by atoms with E-state index in [0.29, 0.717) is 6.42 Å². The molecule has 0 atom stereocenters. The third-order valence-electron chi connectivity index (χ3n) is 2.22. The molecule has 0 rings (SSSR count). The molecule has 0 aliphatic carbocycles. The van der Waals surface area contributed by atoms with E-state index in [1.165, 1.54) is 0 Å². The molecule has 0 saturated carbocycles. The number of ether oxygens (including phenoxy) is 2. The molecule has 0 saturated heterocycles. The van der Waals surface area contributed by atoms with Crippen LogP contribution >= 0.6 is 0 Å². The Bertz CT molecular complexity index is 352. The van der Waals surface area contributed by atoms with Crippen LogP contribution in [0.3, 0.4) is 0 Å². The van der Waals surface area contributed by atoms with Gasteiger partial charge in [0.1, 0.15) is 6.42 Å². The average molecular weight is 326 g/mol. The monoisotopic (exact) mass is 326 g/mol. The SMILES string of the molecule is C=COCCCCOC(=O)CC(F)(F)C(F)(F)C(F)(F)F. The molecule has 0 unspecified atom stereocenters. The van der Waals surface area contributed by atoms with Crippen LogP contribution in [0.25, 0.3) is 0 Å². The number of hydrogen-bond donors (Lipinski definition) is 0. The quantitative estimate of drug-likeness (QED) is 0.281. The maximum Gasteiger partial charge on any atom is 0.459 e. The fourth-order valence-corrected chi connectivity index (χ4v) is 1.11. The van der Waals surface area contributed by atoms with E-state index in [1.54, 1.807) is 0 Å². The van der Waals surface area contributed by atoms with Crippen molar-refractivity contribution < 1.29 is 45.0 Å². The number of hydrogen-bond acceptors (Lipinski definition) is 3. The van der Waals surface area contributed by atoms with Gasteiger partial charge >= 0.3 is 24.0 Å². The van der Waals surface area contributed by atoms with E-state index in [2.05, 4.69) is 16.1 Å². The zero-order valence-electron chi connectivity index (χ0n) is 10.7. The zero-order valence-corrected chi connectivity index (χ0v) is 10.7. The first-order valence-electron chi connectivity index (χ1n) is 5.66. The summed E-state index contributed by atoms with van der Waals surface area (Å²) in [5.74, 6) is -13.7. The van der Waals surface area contributed by atoms with Crippen molar-refractivity contribution in [3.8, 4) is 0 Å². The van der Waals surface area contributed by atoms with Crippen molar-refractivity contribution in [2.75, 3.05) is 13.2 Å². The molecule has 3 nitrogen and oxygen atoms in total. The molecular formula is C11H13F7O3. The Hall–Kier alpha value is -1.48. The fraction of sp³-hybridized carbons (Fsp3) is 0.727. The molecule has 0 aliphatic heterocycles. The van der Waals surface area contributed by atoms with Gasteiger partial charge in [0.25, 0.3) is 0 Å². The first-order valence-corrected chi connectivity index (χ1v) is 5.66. The molecule has 0 radical (unpaired) electrons. The van der Waals surface area contributed by atoms with E-state index in [1.807, 2.05) is 0 Å². The number of carbonyl (C=O) groups is 1. The van der Waals surface area contributed by atoms with Crippen LogP contribution in [0.2, 0.25) is 0 Å². The summed E-state index contributed by atoms with van der Waals surface area (Å²) >= 11 is 0. The van der Waals surface area contributed by atoms with Crippen LogP contribution in [-0.2, 0) is 14.3 Å². The molecule has 21 heavy (non-hydrogen) atoms. The molecule has 0 N–H and O–H groups in total. The largest absolute Gasteiger partial charge is 0.502 e. The van der Waals surface area contributed by atoms with Crippen LogP contribution in [0.4, 0.5) is 30.7 Å². The lowest BCUT2D eigenvalue weighted by Gasteiger charge is -2.27. The van der Waals surface area contributed by atoms with Gasteiger partial charge < -0.3 is 9.47 Å². The van der Waals surface area contributed by atoms with Crippen LogP contribution in [0.5, 0.6) is 0 Å². The second kappa shape index (κ2) is 7.51. The van der Waals surface area contributed by atoms with Crippen LogP contribution in [0.15, 0.2) is 12.8 Å². The standard InChI is InChI=1S/C11H13F7O3/c1-2-20-5-3-4-6-21-8(19)7-9(12,13)10(14,15)11(16,17)18/h2H,1,3-7H2. The Morgan fingerprint density at radius 1 is 1.00 bits per heavy atom. The Labute approximate surface area is 115 Å². The van der Waals surface area contributed by atoms with Crippen molar-refractivity contribution >= 4 is 5.97 Å². The third kappa shape index (κ3) is 5.80. The Kier molecular flexibility index (Phi) is 6.98. The van der Waals surface area contributed by atoms with E-state index in [9.17, 15) is 35.5 Å². The van der Waals surface area contributed by atoms with Gasteiger partial charge in [-0.2, -0.15) is 30.7 Å². The lowest BCUT2D eigenvalue weighted by atomic mass is 10.1. The number of alkyl halides is 7. The maximum absolute atomic E-state index is 12.8. The number of halogens is 7. The molecule has 0 aromatic carbocycles. The molecule has 0 bridgehead atoms. The summed E-state index contributed by atoms with van der Waals surface area (Å²) in [5.41, 5.74) is 0. The second-order valence-corrected chi connectivity index (χ2v) is 3.92. The van der Waals surface area contributed by atoms with E-state index >= 15 is 0 Å². The molecular weight excluding hydrogens is 313 g/mol. The van der Waals surface area contributed by atoms with Gasteiger partial charge in [0, 0.05) is 0 Å². The highest BCUT2D eigenvalue weighted by molar-refractivity contribution is 5.70. The van der Waals surface area contributed by atoms with E-state index < -0.39 is 37.0 Å². The molecule has 0 heterocycles. The van der Waals surface area contributed by atoms with Crippen molar-refractivity contribution in [3.63, 3.8) is 0 Å². The number of esters is 1. The molecule has 0 fully saturated rings. The predicted molar refractivity (Wildman–Crippen MR) is 56.9 cm³/mol. The van der Waals surface area contributed by atoms with Gasteiger partial charge in [0.2, 0.25) is 0 Å². The Morgan fingerprint density at radius 2 is 1.52 bits per heavy atom. The molecule has 0 aliphatic rings. The van der Waals surface area contributed by atoms with E-state index in [-0.39, 0.29) is 13.0 Å². The smallest absolute Gasteiger partial charge is 0.459 e. The minimum Gasteiger partial charge on any atom is -0.502 e. The predicted octanol–water partition coefficient (Wildman–Crippen LogP) is 3.69. The summed E-state index contributed by atoms with van der Waals surface area (Å²) in [4.78, 5) is 10.9. The Morgan fingerprint density at radius 3 is 2.00 bits per heavy atom. The van der Waals surface area contributed by atoms with Gasteiger partial charge in [-0.15, -0.1) is 0 Å². The first kappa shape index (κ1) is 19.5. The molecule has 0 amide bonds. The van der Waals surface area contributed by atoms with Crippen molar-refractivity contribution in [1.29, 1.82) is 0 Å². The number of unbranched alkanes of at least 4 members (excludes halogenated alkanes) is 1. The highest BCUT2D eigenvalue weighted by Gasteiger charge is 2.73. The van der Waals surface area contributed by atoms with Crippen LogP contribution in [0.1, 0.15) is 19.3 Å². The third-order valence-corrected chi connectivity index (χ3v) is 2.22. The molecule has 0 aromatic rings. The summed E-state index contributed by atoms with van der Waals surface area (Å²) < 4.78 is 94.9. The van der Waals surface area contributed by atoms with Gasteiger partial charge in [-0.3, -0.25) is 4.79 Å². The number of rotatable bonds is 9. The van der Waals surface area contributed by atoms with Gasteiger partial charge in [0.15, 0.2) is 0 Å². The van der Waals surface area contributed by atoms with Crippen LogP contribution in [-0.4, -0.2) is 37.2 Å². The highest BCUT2D eigenvalue weighted by Crippen LogP contribution is 2.48. The maximum atomic E-state index is 12.8. The van der Waals surface area contributed by atoms with Crippen molar-refractivity contribution in [2.24, 2.45) is 0 Å². The number of carbonyl (C=O) groups excluding carboxylic acids is 1. The van der Waals surface area contributed by atoms with Crippen molar-refractivity contribution in [2.45, 2.75) is 37.3 Å². The lowest BCUT2D eigenvalue weighted by molar-refractivity contribution is -0.354. The van der Waals surface area contributed by atoms with Crippen molar-refractivity contribution in [3.05, 3.63) is 12.8 Å². The fourth-order valence-electron chi connectivity index (χ4n) is 1.11. The van der Waals surface area contributed by atoms with Gasteiger partial charge in [-0.05, 0) is 12.8 Å². The summed E-state index contributed by atoms with van der Waals surface area (Å²) in [6.45, 7) is 3.05. The van der Waals surface area contributed by atoms with E-state index in [0.717, 1.165) is 6.26 Å². The second-order valence-electron chi connectivity index (χ2n) is 3.92. The summed E-state index contributed by atoms with van der Waals surface area (Å²) in [6, 6.07) is 0. The first-order chi connectivity index (χ1) is 9.45. The molecule has 0 aromatic heterocycles. The van der Waals surface area contributed by atoms with Crippen LogP contribution < -0.4 is 0 Å². The summed E-state index contributed by atoms with van der Waals surface area (Å²) in [6.07, 6.45) is -7.15. The average Bonchev–Trinajstić information content (AvgIpc) is 2.31. The van der Waals surface area contributed by atoms with Gasteiger partial charge in [0.05, 0.1) is 19.5 Å². The molecule has 10 heteroatoms. The topological polar surface area (TPSA) is 35.5 Å². The highest BCUT2D eigenvalue weighted by atomic mass is 19.4. The van der Waals surface area contributed by atoms with Gasteiger partial charge in [-0.25, -0.2) is 0 Å². The summed E-state index contributed by atoms with van der Waals surface area (Å²) in [7, 11) is 0. The van der Waals surface area contributed by atoms with Crippen molar-refractivity contribution in [1.82, 2.24) is 0 Å². The zero-order chi connectivity index (χ0) is 16.7. The minimum atomic E-state index is -6.46. The molecule has 124 valence electrons. The minimum absolute atomic E-state index is 0.167. The lowest BCUT2D eigenvalue weighted by Crippen LogP contribution is -2.52. The normalized spacial score (nSPS) is 12.9. The van der Waals surface area contributed by atoms with E-state index in [4.69, 9.17) is 0 Å². The summed E-state index contributed by atoms with van der Waals surface area (Å²) in [5, 5.41) is 0. The van der Waals surface area contributed by atoms with Crippen LogP contribution in [0, 0.1) is 0 Å². The van der Waals surface area contributed by atoms with Gasteiger partial charge in [-0.1, -0.05) is 6.58 Å². The molecule has 0 spiro atoms. The Balaban J connectivity index is 4.28.